The third kappa shape index (κ3) is 2.00. The van der Waals surface area contributed by atoms with Crippen LogP contribution in [0.15, 0.2) is 23.0 Å². The molecule has 1 aliphatic heterocycles. The normalized spacial score (nSPS) is 14.4. The van der Waals surface area contributed by atoms with Crippen LogP contribution < -0.4 is 10.9 Å². The summed E-state index contributed by atoms with van der Waals surface area (Å²) in [5, 5.41) is 13.7. The number of amides is 1. The zero-order valence-corrected chi connectivity index (χ0v) is 12.1. The number of carbonyl (C=O) groups is 1. The lowest BCUT2D eigenvalue weighted by atomic mass is 10.1. The van der Waals surface area contributed by atoms with E-state index in [2.05, 4.69) is 5.32 Å². The first kappa shape index (κ1) is 13.7. The Bertz CT molecular complexity index is 792. The molecule has 0 aliphatic carbocycles. The van der Waals surface area contributed by atoms with Gasteiger partial charge < -0.3 is 15.0 Å². The lowest BCUT2D eigenvalue weighted by Crippen LogP contribution is -2.37. The fraction of sp³-hybridized carbons (Fsp3) is 0.375. The van der Waals surface area contributed by atoms with Gasteiger partial charge in [0.25, 0.3) is 11.5 Å². The van der Waals surface area contributed by atoms with E-state index in [9.17, 15) is 14.7 Å². The van der Waals surface area contributed by atoms with Crippen molar-refractivity contribution >= 4 is 16.8 Å². The fourth-order valence-corrected chi connectivity index (χ4v) is 2.82. The number of nitrogens with zero attached hydrogens (tertiary/aromatic N) is 1. The second kappa shape index (κ2) is 4.91. The molecule has 21 heavy (non-hydrogen) atoms. The standard InChI is InChI=1S/C16H18N2O3/c1-3-9(2)17-15(20)12-14(19)11-6-4-5-10-7-8-18(13(10)11)16(12)21/h4-6,9,19H,3,7-8H2,1-2H3,(H,17,20). The minimum atomic E-state index is -0.505. The van der Waals surface area contributed by atoms with E-state index in [0.717, 1.165) is 23.9 Å². The average molecular weight is 286 g/mol. The molecule has 0 saturated heterocycles. The van der Waals surface area contributed by atoms with E-state index < -0.39 is 11.5 Å². The SMILES string of the molecule is CCC(C)NC(=O)c1c(O)c2cccc3c2n(c1=O)CC3. The Morgan fingerprint density at radius 1 is 1.48 bits per heavy atom. The minimum absolute atomic E-state index is 0.0445. The molecule has 1 amide bonds. The Hall–Kier alpha value is -2.30. The fourth-order valence-electron chi connectivity index (χ4n) is 2.82. The molecule has 0 spiro atoms. The van der Waals surface area contributed by atoms with Crippen molar-refractivity contribution in [1.82, 2.24) is 9.88 Å². The predicted octanol–water partition coefficient (Wildman–Crippen LogP) is 1.79. The number of para-hydroxylation sites is 1. The van der Waals surface area contributed by atoms with E-state index >= 15 is 0 Å². The molecule has 3 rings (SSSR count). The van der Waals surface area contributed by atoms with Crippen molar-refractivity contribution in [1.29, 1.82) is 0 Å². The quantitative estimate of drug-likeness (QED) is 0.903. The summed E-state index contributed by atoms with van der Waals surface area (Å²) in [5.74, 6) is -0.717. The van der Waals surface area contributed by atoms with Gasteiger partial charge in [0.15, 0.2) is 0 Å². The number of carbonyl (C=O) groups excluding carboxylic acids is 1. The van der Waals surface area contributed by atoms with Crippen molar-refractivity contribution in [2.24, 2.45) is 0 Å². The van der Waals surface area contributed by atoms with Gasteiger partial charge in [-0.15, -0.1) is 0 Å². The molecule has 1 atom stereocenters. The monoisotopic (exact) mass is 286 g/mol. The number of aromatic hydroxyl groups is 1. The van der Waals surface area contributed by atoms with Gasteiger partial charge in [0.05, 0.1) is 5.52 Å². The summed E-state index contributed by atoms with van der Waals surface area (Å²) in [7, 11) is 0. The maximum Gasteiger partial charge on any atom is 0.267 e. The van der Waals surface area contributed by atoms with Gasteiger partial charge in [0, 0.05) is 18.0 Å². The van der Waals surface area contributed by atoms with Crippen LogP contribution in [-0.2, 0) is 13.0 Å². The maximum absolute atomic E-state index is 12.5. The van der Waals surface area contributed by atoms with Crippen LogP contribution in [0.25, 0.3) is 10.9 Å². The molecule has 1 aliphatic rings. The Kier molecular flexibility index (Phi) is 3.20. The largest absolute Gasteiger partial charge is 0.506 e. The average Bonchev–Trinajstić information content (AvgIpc) is 2.90. The van der Waals surface area contributed by atoms with E-state index in [0.29, 0.717) is 11.9 Å². The third-order valence-electron chi connectivity index (χ3n) is 4.16. The van der Waals surface area contributed by atoms with E-state index in [1.807, 2.05) is 26.0 Å². The highest BCUT2D eigenvalue weighted by Crippen LogP contribution is 2.31. The Balaban J connectivity index is 2.23. The molecule has 2 N–H and O–H groups in total. The molecule has 1 aromatic carbocycles. The zero-order chi connectivity index (χ0) is 15.1. The first-order valence-corrected chi connectivity index (χ1v) is 7.22. The Morgan fingerprint density at radius 3 is 2.95 bits per heavy atom. The smallest absolute Gasteiger partial charge is 0.267 e. The molecule has 2 aromatic rings. The summed E-state index contributed by atoms with van der Waals surface area (Å²) in [4.78, 5) is 24.8. The van der Waals surface area contributed by atoms with Crippen LogP contribution in [0.5, 0.6) is 5.75 Å². The highest BCUT2D eigenvalue weighted by molar-refractivity contribution is 6.03. The van der Waals surface area contributed by atoms with E-state index in [4.69, 9.17) is 0 Å². The maximum atomic E-state index is 12.5. The van der Waals surface area contributed by atoms with Crippen molar-refractivity contribution in [3.63, 3.8) is 0 Å². The second-order valence-electron chi connectivity index (χ2n) is 5.53. The van der Waals surface area contributed by atoms with Crippen molar-refractivity contribution in [2.45, 2.75) is 39.3 Å². The summed E-state index contributed by atoms with van der Waals surface area (Å²) in [6.45, 7) is 4.37. The number of aromatic nitrogens is 1. The second-order valence-corrected chi connectivity index (χ2v) is 5.53. The van der Waals surface area contributed by atoms with Crippen LogP contribution in [-0.4, -0.2) is 21.6 Å². The van der Waals surface area contributed by atoms with Crippen LogP contribution in [0.4, 0.5) is 0 Å². The minimum Gasteiger partial charge on any atom is -0.506 e. The molecular formula is C16H18N2O3. The van der Waals surface area contributed by atoms with E-state index in [1.54, 1.807) is 10.6 Å². The third-order valence-corrected chi connectivity index (χ3v) is 4.16. The van der Waals surface area contributed by atoms with Gasteiger partial charge in [-0.05, 0) is 31.4 Å². The molecule has 0 radical (unpaired) electrons. The van der Waals surface area contributed by atoms with Gasteiger partial charge in [-0.1, -0.05) is 19.1 Å². The molecular weight excluding hydrogens is 268 g/mol. The summed E-state index contributed by atoms with van der Waals surface area (Å²) in [6, 6.07) is 5.49. The topological polar surface area (TPSA) is 71.3 Å². The number of hydrogen-bond acceptors (Lipinski definition) is 3. The molecule has 0 saturated carbocycles. The van der Waals surface area contributed by atoms with Gasteiger partial charge >= 0.3 is 0 Å². The molecule has 5 nitrogen and oxygen atoms in total. The van der Waals surface area contributed by atoms with Crippen LogP contribution in [0.3, 0.4) is 0 Å². The lowest BCUT2D eigenvalue weighted by molar-refractivity contribution is 0.0934. The van der Waals surface area contributed by atoms with Crippen molar-refractivity contribution in [3.05, 3.63) is 39.7 Å². The van der Waals surface area contributed by atoms with Crippen LogP contribution >= 0.6 is 0 Å². The summed E-state index contributed by atoms with van der Waals surface area (Å²) in [6.07, 6.45) is 1.51. The first-order chi connectivity index (χ1) is 10.0. The highest BCUT2D eigenvalue weighted by atomic mass is 16.3. The lowest BCUT2D eigenvalue weighted by Gasteiger charge is -2.14. The molecule has 0 fully saturated rings. The molecule has 2 heterocycles. The van der Waals surface area contributed by atoms with Crippen molar-refractivity contribution in [2.75, 3.05) is 0 Å². The van der Waals surface area contributed by atoms with Gasteiger partial charge in [-0.2, -0.15) is 0 Å². The molecule has 1 unspecified atom stereocenters. The van der Waals surface area contributed by atoms with Crippen molar-refractivity contribution < 1.29 is 9.90 Å². The Labute approximate surface area is 122 Å². The predicted molar refractivity (Wildman–Crippen MR) is 80.8 cm³/mol. The molecule has 1 aromatic heterocycles. The summed E-state index contributed by atoms with van der Waals surface area (Å²) < 4.78 is 1.59. The number of pyridine rings is 1. The van der Waals surface area contributed by atoms with Gasteiger partial charge in [0.1, 0.15) is 11.3 Å². The van der Waals surface area contributed by atoms with E-state index in [-0.39, 0.29) is 17.4 Å². The van der Waals surface area contributed by atoms with E-state index in [1.165, 1.54) is 0 Å². The van der Waals surface area contributed by atoms with Gasteiger partial charge in [-0.3, -0.25) is 9.59 Å². The van der Waals surface area contributed by atoms with Crippen LogP contribution in [0.2, 0.25) is 0 Å². The molecule has 5 heteroatoms. The van der Waals surface area contributed by atoms with Gasteiger partial charge in [0.2, 0.25) is 0 Å². The molecule has 0 bridgehead atoms. The van der Waals surface area contributed by atoms with Gasteiger partial charge in [-0.25, -0.2) is 0 Å². The summed E-state index contributed by atoms with van der Waals surface area (Å²) >= 11 is 0. The number of nitrogens with one attached hydrogen (secondary N) is 1. The first-order valence-electron chi connectivity index (χ1n) is 7.22. The number of rotatable bonds is 3. The Morgan fingerprint density at radius 2 is 2.24 bits per heavy atom. The highest BCUT2D eigenvalue weighted by Gasteiger charge is 2.26. The zero-order valence-electron chi connectivity index (χ0n) is 12.1. The van der Waals surface area contributed by atoms with Crippen molar-refractivity contribution in [3.8, 4) is 5.75 Å². The van der Waals surface area contributed by atoms with Crippen LogP contribution in [0.1, 0.15) is 36.2 Å². The summed E-state index contributed by atoms with van der Waals surface area (Å²) in [5.41, 5.74) is 1.22. The molecule has 110 valence electrons. The number of hydrogen-bond donors (Lipinski definition) is 2. The number of benzene rings is 1. The van der Waals surface area contributed by atoms with Crippen LogP contribution in [0, 0.1) is 0 Å². The number of aryl methyl sites for hydroxylation is 2.